The Morgan fingerprint density at radius 1 is 1.15 bits per heavy atom. The number of rotatable bonds is 5. The van der Waals surface area contributed by atoms with Crippen molar-refractivity contribution in [3.63, 3.8) is 0 Å². The minimum Gasteiger partial charge on any atom is -0.495 e. The molecule has 0 bridgehead atoms. The number of benzene rings is 2. The van der Waals surface area contributed by atoms with E-state index in [4.69, 9.17) is 9.47 Å². The van der Waals surface area contributed by atoms with Crippen LogP contribution in [0.2, 0.25) is 0 Å². The quantitative estimate of drug-likeness (QED) is 0.848. The van der Waals surface area contributed by atoms with Gasteiger partial charge in [-0.05, 0) is 68.3 Å². The minimum atomic E-state index is -3.75. The molecule has 3 rings (SSSR count). The van der Waals surface area contributed by atoms with E-state index >= 15 is 0 Å². The molecule has 2 aromatic carbocycles. The van der Waals surface area contributed by atoms with Crippen molar-refractivity contribution in [2.45, 2.75) is 31.8 Å². The van der Waals surface area contributed by atoms with Crippen LogP contribution in [0.1, 0.15) is 18.1 Å². The van der Waals surface area contributed by atoms with E-state index in [1.807, 2.05) is 32.9 Å². The van der Waals surface area contributed by atoms with Gasteiger partial charge in [-0.2, -0.15) is 0 Å². The van der Waals surface area contributed by atoms with Crippen LogP contribution in [0.25, 0.3) is 0 Å². The molecule has 1 atom stereocenters. The summed E-state index contributed by atoms with van der Waals surface area (Å²) in [5.74, 6) is 0.338. The van der Waals surface area contributed by atoms with E-state index in [1.165, 1.54) is 7.11 Å². The molecule has 27 heavy (non-hydrogen) atoms. The molecule has 0 saturated carbocycles. The second-order valence-corrected chi connectivity index (χ2v) is 8.52. The fourth-order valence-corrected chi connectivity index (χ4v) is 4.43. The first-order chi connectivity index (χ1) is 12.8. The van der Waals surface area contributed by atoms with Gasteiger partial charge in [-0.25, -0.2) is 8.42 Å². The molecule has 1 unspecified atom stereocenters. The predicted octanol–water partition coefficient (Wildman–Crippen LogP) is 3.34. The minimum absolute atomic E-state index is 0.138. The third-order valence-corrected chi connectivity index (χ3v) is 6.20. The lowest BCUT2D eigenvalue weighted by molar-refractivity contribution is 0.0532. The first-order valence-corrected chi connectivity index (χ1v) is 10.4. The number of anilines is 2. The van der Waals surface area contributed by atoms with Crippen molar-refractivity contribution < 1.29 is 17.9 Å². The summed E-state index contributed by atoms with van der Waals surface area (Å²) in [6, 6.07) is 10.8. The molecule has 1 saturated heterocycles. The number of sulfonamides is 1. The van der Waals surface area contributed by atoms with E-state index < -0.39 is 10.0 Å². The molecule has 1 aliphatic rings. The van der Waals surface area contributed by atoms with Gasteiger partial charge in [0.25, 0.3) is 10.0 Å². The van der Waals surface area contributed by atoms with E-state index in [2.05, 4.69) is 9.62 Å². The summed E-state index contributed by atoms with van der Waals surface area (Å²) < 4.78 is 39.2. The fourth-order valence-electron chi connectivity index (χ4n) is 3.14. The first kappa shape index (κ1) is 19.5. The molecule has 0 aromatic heterocycles. The van der Waals surface area contributed by atoms with Gasteiger partial charge >= 0.3 is 0 Å². The highest BCUT2D eigenvalue weighted by Crippen LogP contribution is 2.29. The van der Waals surface area contributed by atoms with Crippen LogP contribution in [0.5, 0.6) is 5.75 Å². The largest absolute Gasteiger partial charge is 0.495 e. The van der Waals surface area contributed by atoms with Crippen molar-refractivity contribution in [3.8, 4) is 5.75 Å². The molecular formula is C20H26N2O4S. The van der Waals surface area contributed by atoms with Gasteiger partial charge in [0.05, 0.1) is 19.8 Å². The van der Waals surface area contributed by atoms with Crippen LogP contribution < -0.4 is 14.4 Å². The van der Waals surface area contributed by atoms with Crippen molar-refractivity contribution in [2.24, 2.45) is 0 Å². The Kier molecular flexibility index (Phi) is 5.62. The summed E-state index contributed by atoms with van der Waals surface area (Å²) in [5.41, 5.74) is 3.44. The second-order valence-electron chi connectivity index (χ2n) is 6.87. The van der Waals surface area contributed by atoms with E-state index in [0.717, 1.165) is 29.9 Å². The molecule has 0 aliphatic carbocycles. The van der Waals surface area contributed by atoms with Crippen LogP contribution in [0, 0.1) is 13.8 Å². The first-order valence-electron chi connectivity index (χ1n) is 8.95. The topological polar surface area (TPSA) is 67.9 Å². The lowest BCUT2D eigenvalue weighted by Gasteiger charge is -2.33. The second kappa shape index (κ2) is 7.78. The number of nitrogens with one attached hydrogen (secondary N) is 1. The molecule has 2 aromatic rings. The highest BCUT2D eigenvalue weighted by molar-refractivity contribution is 7.92. The van der Waals surface area contributed by atoms with E-state index in [1.54, 1.807) is 24.3 Å². The number of nitrogens with zero attached hydrogens (tertiary/aromatic N) is 1. The zero-order valence-electron chi connectivity index (χ0n) is 16.2. The number of methoxy groups -OCH3 is 1. The van der Waals surface area contributed by atoms with Crippen LogP contribution >= 0.6 is 0 Å². The molecule has 0 radical (unpaired) electrons. The molecule has 0 spiro atoms. The van der Waals surface area contributed by atoms with Gasteiger partial charge in [-0.1, -0.05) is 0 Å². The van der Waals surface area contributed by atoms with Gasteiger partial charge in [-0.3, -0.25) is 4.72 Å². The number of aryl methyl sites for hydroxylation is 2. The molecule has 0 amide bonds. The van der Waals surface area contributed by atoms with Gasteiger partial charge in [0, 0.05) is 24.5 Å². The summed E-state index contributed by atoms with van der Waals surface area (Å²) in [6.45, 7) is 8.20. The molecule has 6 nitrogen and oxygen atoms in total. The summed E-state index contributed by atoms with van der Waals surface area (Å²) >= 11 is 0. The lowest BCUT2D eigenvalue weighted by Crippen LogP contribution is -2.41. The number of hydrogen-bond donors (Lipinski definition) is 1. The molecular weight excluding hydrogens is 364 g/mol. The van der Waals surface area contributed by atoms with Crippen molar-refractivity contribution >= 4 is 21.4 Å². The van der Waals surface area contributed by atoms with Crippen LogP contribution in [0.3, 0.4) is 0 Å². The van der Waals surface area contributed by atoms with Gasteiger partial charge in [0.2, 0.25) is 0 Å². The van der Waals surface area contributed by atoms with Crippen molar-refractivity contribution in [3.05, 3.63) is 47.5 Å². The zero-order chi connectivity index (χ0) is 19.6. The van der Waals surface area contributed by atoms with E-state index in [-0.39, 0.29) is 11.0 Å². The monoisotopic (exact) mass is 390 g/mol. The number of hydrogen-bond acceptors (Lipinski definition) is 5. The fraction of sp³-hybridized carbons (Fsp3) is 0.400. The molecule has 7 heteroatoms. The van der Waals surface area contributed by atoms with E-state index in [9.17, 15) is 8.42 Å². The molecule has 1 fully saturated rings. The smallest absolute Gasteiger partial charge is 0.265 e. The Balaban J connectivity index is 1.81. The molecule has 1 aliphatic heterocycles. The van der Waals surface area contributed by atoms with Crippen LogP contribution in [0.4, 0.5) is 11.4 Å². The average molecular weight is 391 g/mol. The van der Waals surface area contributed by atoms with Gasteiger partial charge in [0.15, 0.2) is 0 Å². The summed E-state index contributed by atoms with van der Waals surface area (Å²) in [6.07, 6.45) is 0.189. The number of ether oxygens (including phenoxy) is 2. The Morgan fingerprint density at radius 2 is 1.81 bits per heavy atom. The maximum Gasteiger partial charge on any atom is 0.265 e. The summed E-state index contributed by atoms with van der Waals surface area (Å²) in [7, 11) is -2.28. The summed E-state index contributed by atoms with van der Waals surface area (Å²) in [5, 5.41) is 0. The lowest BCUT2D eigenvalue weighted by atomic mass is 10.1. The SMILES string of the molecule is COc1cc(C)c(C)cc1S(=O)(=O)Nc1ccc(N2CCOC(C)C2)cc1. The van der Waals surface area contributed by atoms with Crippen LogP contribution in [-0.4, -0.2) is 41.3 Å². The van der Waals surface area contributed by atoms with Gasteiger partial charge in [0.1, 0.15) is 10.6 Å². The molecule has 146 valence electrons. The van der Waals surface area contributed by atoms with Crippen molar-refractivity contribution in [1.29, 1.82) is 0 Å². The highest BCUT2D eigenvalue weighted by Gasteiger charge is 2.21. The maximum absolute atomic E-state index is 12.9. The Hall–Kier alpha value is -2.25. The van der Waals surface area contributed by atoms with Gasteiger partial charge in [-0.15, -0.1) is 0 Å². The normalized spacial score (nSPS) is 17.6. The molecule has 1 heterocycles. The predicted molar refractivity (Wildman–Crippen MR) is 107 cm³/mol. The van der Waals surface area contributed by atoms with E-state index in [0.29, 0.717) is 18.0 Å². The van der Waals surface area contributed by atoms with Crippen LogP contribution in [-0.2, 0) is 14.8 Å². The Labute approximate surface area is 161 Å². The maximum atomic E-state index is 12.9. The average Bonchev–Trinajstić information content (AvgIpc) is 2.64. The molecule has 1 N–H and O–H groups in total. The third kappa shape index (κ3) is 4.36. The Morgan fingerprint density at radius 3 is 2.44 bits per heavy atom. The number of morpholine rings is 1. The standard InChI is InChI=1S/C20H26N2O4S/c1-14-11-19(25-4)20(12-15(14)2)27(23,24)21-17-5-7-18(8-6-17)22-9-10-26-16(3)13-22/h5-8,11-12,16,21H,9-10,13H2,1-4H3. The van der Waals surface area contributed by atoms with Gasteiger partial charge < -0.3 is 14.4 Å². The van der Waals surface area contributed by atoms with Crippen LogP contribution in [0.15, 0.2) is 41.3 Å². The van der Waals surface area contributed by atoms with Crippen molar-refractivity contribution in [1.82, 2.24) is 0 Å². The summed E-state index contributed by atoms with van der Waals surface area (Å²) in [4.78, 5) is 2.37. The zero-order valence-corrected chi connectivity index (χ0v) is 17.0. The Bertz CT molecular complexity index is 910. The third-order valence-electron chi connectivity index (χ3n) is 4.80. The van der Waals surface area contributed by atoms with Crippen molar-refractivity contribution in [2.75, 3.05) is 36.4 Å². The highest BCUT2D eigenvalue weighted by atomic mass is 32.2.